The van der Waals surface area contributed by atoms with Gasteiger partial charge in [-0.25, -0.2) is 0 Å². The maximum Gasteiger partial charge on any atom is 0.208 e. The standard InChI is InChI=1S/C4H10N2O2/c1-4(2-7-4)8-6-3-5/h6H,2-3,5H2,1H3. The minimum Gasteiger partial charge on any atom is -0.341 e. The molecular formula is C4H10N2O2. The molecule has 0 spiro atoms. The van der Waals surface area contributed by atoms with Crippen LogP contribution in [0.25, 0.3) is 0 Å². The molecule has 0 aromatic heterocycles. The molecule has 0 radical (unpaired) electrons. The summed E-state index contributed by atoms with van der Waals surface area (Å²) in [6.45, 7) is 2.81. The predicted octanol–water partition coefficient (Wildman–Crippen LogP) is -0.830. The molecule has 1 saturated heterocycles. The minimum atomic E-state index is -0.390. The fourth-order valence-electron chi connectivity index (χ4n) is 0.355. The molecule has 1 unspecified atom stereocenters. The summed E-state index contributed by atoms with van der Waals surface area (Å²) in [5.41, 5.74) is 7.58. The quantitative estimate of drug-likeness (QED) is 0.288. The van der Waals surface area contributed by atoms with Gasteiger partial charge in [0, 0.05) is 0 Å². The SMILES string of the molecule is CC1(ONCN)CO1. The van der Waals surface area contributed by atoms with Gasteiger partial charge < -0.3 is 10.5 Å². The lowest BCUT2D eigenvalue weighted by Gasteiger charge is -2.04. The van der Waals surface area contributed by atoms with Crippen molar-refractivity contribution < 1.29 is 9.57 Å². The van der Waals surface area contributed by atoms with Crippen molar-refractivity contribution in [2.24, 2.45) is 5.73 Å². The van der Waals surface area contributed by atoms with Gasteiger partial charge in [-0.15, -0.1) is 0 Å². The predicted molar refractivity (Wildman–Crippen MR) is 27.6 cm³/mol. The first-order valence-corrected chi connectivity index (χ1v) is 2.52. The van der Waals surface area contributed by atoms with Crippen LogP contribution in [0.5, 0.6) is 0 Å². The van der Waals surface area contributed by atoms with Crippen molar-refractivity contribution in [1.82, 2.24) is 5.48 Å². The summed E-state index contributed by atoms with van der Waals surface area (Å²) in [5, 5.41) is 0. The molecule has 1 heterocycles. The van der Waals surface area contributed by atoms with Gasteiger partial charge in [0.2, 0.25) is 5.79 Å². The van der Waals surface area contributed by atoms with E-state index in [1.807, 2.05) is 6.92 Å². The summed E-state index contributed by atoms with van der Waals surface area (Å²) in [5.74, 6) is -0.390. The molecule has 1 atom stereocenters. The molecule has 0 saturated carbocycles. The Morgan fingerprint density at radius 1 is 2.00 bits per heavy atom. The number of hydroxylamine groups is 1. The maximum atomic E-state index is 5.07. The molecule has 0 aromatic carbocycles. The van der Waals surface area contributed by atoms with Crippen molar-refractivity contribution in [2.45, 2.75) is 12.7 Å². The average Bonchev–Trinajstić information content (AvgIpc) is 2.45. The van der Waals surface area contributed by atoms with Gasteiger partial charge in [0.15, 0.2) is 0 Å². The van der Waals surface area contributed by atoms with Gasteiger partial charge >= 0.3 is 0 Å². The Bertz CT molecular complexity index is 82.1. The Labute approximate surface area is 47.9 Å². The summed E-state index contributed by atoms with van der Waals surface area (Å²) in [7, 11) is 0. The Kier molecular flexibility index (Phi) is 1.48. The van der Waals surface area contributed by atoms with Crippen molar-refractivity contribution in [3.8, 4) is 0 Å². The largest absolute Gasteiger partial charge is 0.341 e. The molecule has 1 aliphatic heterocycles. The molecule has 0 bridgehead atoms. The van der Waals surface area contributed by atoms with Crippen LogP contribution < -0.4 is 11.2 Å². The highest BCUT2D eigenvalue weighted by atomic mass is 16.8. The molecule has 0 aromatic rings. The number of hydrogen-bond acceptors (Lipinski definition) is 4. The minimum absolute atomic E-state index is 0.318. The molecule has 1 fully saturated rings. The van der Waals surface area contributed by atoms with E-state index >= 15 is 0 Å². The lowest BCUT2D eigenvalue weighted by molar-refractivity contribution is -0.0897. The molecule has 1 rings (SSSR count). The number of epoxide rings is 1. The summed E-state index contributed by atoms with van der Waals surface area (Å²) in [6.07, 6.45) is 0. The normalized spacial score (nSPS) is 35.2. The van der Waals surface area contributed by atoms with E-state index in [1.165, 1.54) is 0 Å². The highest BCUT2D eigenvalue weighted by Gasteiger charge is 2.41. The van der Waals surface area contributed by atoms with Gasteiger partial charge in [-0.1, -0.05) is 0 Å². The molecule has 0 amide bonds. The van der Waals surface area contributed by atoms with E-state index in [0.717, 1.165) is 0 Å². The summed E-state index contributed by atoms with van der Waals surface area (Å²) in [4.78, 5) is 4.89. The third-order valence-corrected chi connectivity index (χ3v) is 0.922. The van der Waals surface area contributed by atoms with Crippen LogP contribution in [0.2, 0.25) is 0 Å². The Balaban J connectivity index is 2.01. The molecule has 4 nitrogen and oxygen atoms in total. The van der Waals surface area contributed by atoms with E-state index in [-0.39, 0.29) is 5.79 Å². The summed E-state index contributed by atoms with van der Waals surface area (Å²) >= 11 is 0. The third kappa shape index (κ3) is 1.41. The topological polar surface area (TPSA) is 59.8 Å². The van der Waals surface area contributed by atoms with Crippen LogP contribution in [-0.4, -0.2) is 19.1 Å². The number of nitrogens with one attached hydrogen (secondary N) is 1. The first kappa shape index (κ1) is 5.97. The second-order valence-corrected chi connectivity index (χ2v) is 1.87. The molecule has 1 aliphatic rings. The van der Waals surface area contributed by atoms with Gasteiger partial charge in [-0.05, 0) is 6.92 Å². The van der Waals surface area contributed by atoms with E-state index in [9.17, 15) is 0 Å². The van der Waals surface area contributed by atoms with Crippen LogP contribution in [0.1, 0.15) is 6.92 Å². The van der Waals surface area contributed by atoms with Crippen LogP contribution in [0.15, 0.2) is 0 Å². The zero-order valence-electron chi connectivity index (χ0n) is 4.81. The molecule has 0 aliphatic carbocycles. The zero-order valence-corrected chi connectivity index (χ0v) is 4.81. The number of rotatable bonds is 3. The van der Waals surface area contributed by atoms with E-state index in [4.69, 9.17) is 15.3 Å². The van der Waals surface area contributed by atoms with Crippen molar-refractivity contribution in [1.29, 1.82) is 0 Å². The maximum absolute atomic E-state index is 5.07. The second-order valence-electron chi connectivity index (χ2n) is 1.87. The first-order chi connectivity index (χ1) is 3.77. The van der Waals surface area contributed by atoms with E-state index in [2.05, 4.69) is 5.48 Å². The van der Waals surface area contributed by atoms with Crippen molar-refractivity contribution in [3.05, 3.63) is 0 Å². The fraction of sp³-hybridized carbons (Fsp3) is 1.00. The monoisotopic (exact) mass is 118 g/mol. The Morgan fingerprint density at radius 3 is 3.00 bits per heavy atom. The highest BCUT2D eigenvalue weighted by molar-refractivity contribution is 4.73. The van der Waals surface area contributed by atoms with Crippen LogP contribution in [-0.2, 0) is 9.57 Å². The summed E-state index contributed by atoms with van der Waals surface area (Å²) < 4.78 is 4.86. The molecule has 8 heavy (non-hydrogen) atoms. The van der Waals surface area contributed by atoms with E-state index in [1.54, 1.807) is 0 Å². The average molecular weight is 118 g/mol. The van der Waals surface area contributed by atoms with Gasteiger partial charge in [-0.2, -0.15) is 5.48 Å². The fourth-order valence-corrected chi connectivity index (χ4v) is 0.355. The molecular weight excluding hydrogens is 108 g/mol. The van der Waals surface area contributed by atoms with E-state index in [0.29, 0.717) is 13.3 Å². The number of nitrogens with two attached hydrogens (primary N) is 1. The Morgan fingerprint density at radius 2 is 2.62 bits per heavy atom. The van der Waals surface area contributed by atoms with Gasteiger partial charge in [0.25, 0.3) is 0 Å². The Hall–Kier alpha value is -0.160. The molecule has 4 heteroatoms. The van der Waals surface area contributed by atoms with Gasteiger partial charge in [0.1, 0.15) is 6.61 Å². The highest BCUT2D eigenvalue weighted by Crippen LogP contribution is 2.25. The van der Waals surface area contributed by atoms with Crippen LogP contribution in [0.3, 0.4) is 0 Å². The lowest BCUT2D eigenvalue weighted by Crippen LogP contribution is -2.28. The van der Waals surface area contributed by atoms with Crippen LogP contribution in [0, 0.1) is 0 Å². The number of ether oxygens (including phenoxy) is 1. The van der Waals surface area contributed by atoms with Gasteiger partial charge in [-0.3, -0.25) is 4.84 Å². The first-order valence-electron chi connectivity index (χ1n) is 2.52. The zero-order chi connectivity index (χ0) is 6.04. The number of hydrogen-bond donors (Lipinski definition) is 2. The second kappa shape index (κ2) is 1.99. The van der Waals surface area contributed by atoms with Crippen molar-refractivity contribution in [2.75, 3.05) is 13.3 Å². The van der Waals surface area contributed by atoms with Gasteiger partial charge in [0.05, 0.1) is 6.67 Å². The van der Waals surface area contributed by atoms with Crippen LogP contribution in [0.4, 0.5) is 0 Å². The van der Waals surface area contributed by atoms with Crippen molar-refractivity contribution in [3.63, 3.8) is 0 Å². The van der Waals surface area contributed by atoms with Crippen LogP contribution >= 0.6 is 0 Å². The lowest BCUT2D eigenvalue weighted by atomic mass is 10.5. The third-order valence-electron chi connectivity index (χ3n) is 0.922. The van der Waals surface area contributed by atoms with E-state index < -0.39 is 0 Å². The smallest absolute Gasteiger partial charge is 0.208 e. The van der Waals surface area contributed by atoms with Crippen molar-refractivity contribution >= 4 is 0 Å². The molecule has 48 valence electrons. The summed E-state index contributed by atoms with van der Waals surface area (Å²) in [6, 6.07) is 0. The molecule has 3 N–H and O–H groups in total.